The maximum absolute atomic E-state index is 9.24. The van der Waals surface area contributed by atoms with Crippen LogP contribution in [-0.2, 0) is 0 Å². The second kappa shape index (κ2) is 3.54. The van der Waals surface area contributed by atoms with E-state index < -0.39 is 0 Å². The first-order valence-corrected chi connectivity index (χ1v) is 5.18. The number of hydrogen-bond acceptors (Lipinski definition) is 2. The van der Waals surface area contributed by atoms with Gasteiger partial charge in [0.1, 0.15) is 0 Å². The molecule has 1 aliphatic carbocycles. The smallest absolute Gasteiger partial charge is 0.0505 e. The van der Waals surface area contributed by atoms with E-state index in [9.17, 15) is 5.11 Å². The van der Waals surface area contributed by atoms with Crippen molar-refractivity contribution in [1.82, 2.24) is 0 Å². The molecular formula is C11H14ClNO. The zero-order valence-corrected chi connectivity index (χ0v) is 8.67. The van der Waals surface area contributed by atoms with Crippen LogP contribution in [0.1, 0.15) is 24.4 Å². The first-order valence-electron chi connectivity index (χ1n) is 4.80. The van der Waals surface area contributed by atoms with E-state index in [0.717, 1.165) is 23.4 Å². The highest BCUT2D eigenvalue weighted by Crippen LogP contribution is 2.53. The zero-order chi connectivity index (χ0) is 10.2. The summed E-state index contributed by atoms with van der Waals surface area (Å²) < 4.78 is 0. The number of rotatable bonds is 3. The van der Waals surface area contributed by atoms with Gasteiger partial charge in [0.25, 0.3) is 0 Å². The lowest BCUT2D eigenvalue weighted by Gasteiger charge is -2.21. The second-order valence-corrected chi connectivity index (χ2v) is 4.49. The van der Waals surface area contributed by atoms with Gasteiger partial charge < -0.3 is 10.8 Å². The van der Waals surface area contributed by atoms with Crippen molar-refractivity contribution in [3.05, 3.63) is 34.9 Å². The number of aliphatic hydroxyl groups is 1. The molecule has 0 aromatic heterocycles. The second-order valence-electron chi connectivity index (χ2n) is 4.05. The molecule has 1 aliphatic rings. The molecule has 3 N–H and O–H groups in total. The summed E-state index contributed by atoms with van der Waals surface area (Å²) in [5, 5.41) is 9.95. The summed E-state index contributed by atoms with van der Waals surface area (Å²) >= 11 is 5.79. The van der Waals surface area contributed by atoms with Crippen LogP contribution in [0.3, 0.4) is 0 Å². The molecule has 0 amide bonds. The van der Waals surface area contributed by atoms with Crippen molar-refractivity contribution in [3.8, 4) is 0 Å². The fourth-order valence-electron chi connectivity index (χ4n) is 1.75. The van der Waals surface area contributed by atoms with Gasteiger partial charge in [-0.2, -0.15) is 0 Å². The van der Waals surface area contributed by atoms with Gasteiger partial charge >= 0.3 is 0 Å². The first-order chi connectivity index (χ1) is 6.68. The fourth-order valence-corrected chi connectivity index (χ4v) is 1.88. The molecule has 1 unspecified atom stereocenters. The molecule has 3 heteroatoms. The minimum atomic E-state index is -0.0650. The van der Waals surface area contributed by atoms with Gasteiger partial charge in [-0.1, -0.05) is 23.7 Å². The highest BCUT2D eigenvalue weighted by atomic mass is 35.5. The standard InChI is InChI=1S/C11H14ClNO/c12-9-3-1-8(2-4-9)10(13)11(7-14)5-6-11/h1-4,10,14H,5-7,13H2. The lowest BCUT2D eigenvalue weighted by Crippen LogP contribution is -2.25. The van der Waals surface area contributed by atoms with Crippen LogP contribution in [0.25, 0.3) is 0 Å². The molecule has 0 radical (unpaired) electrons. The van der Waals surface area contributed by atoms with Crippen LogP contribution in [0, 0.1) is 5.41 Å². The Morgan fingerprint density at radius 3 is 2.36 bits per heavy atom. The lowest BCUT2D eigenvalue weighted by molar-refractivity contribution is 0.188. The average molecular weight is 212 g/mol. The summed E-state index contributed by atoms with van der Waals surface area (Å²) in [6.07, 6.45) is 2.04. The lowest BCUT2D eigenvalue weighted by atomic mass is 9.92. The van der Waals surface area contributed by atoms with Crippen molar-refractivity contribution < 1.29 is 5.11 Å². The largest absolute Gasteiger partial charge is 0.396 e. The molecule has 14 heavy (non-hydrogen) atoms. The third-order valence-electron chi connectivity index (χ3n) is 3.10. The molecule has 0 spiro atoms. The molecule has 1 saturated carbocycles. The summed E-state index contributed by atoms with van der Waals surface area (Å²) in [5.41, 5.74) is 7.09. The van der Waals surface area contributed by atoms with Gasteiger partial charge in [-0.3, -0.25) is 0 Å². The van der Waals surface area contributed by atoms with Crippen LogP contribution in [0.2, 0.25) is 5.02 Å². The molecule has 76 valence electrons. The van der Waals surface area contributed by atoms with Gasteiger partial charge in [-0.25, -0.2) is 0 Å². The third kappa shape index (κ3) is 1.65. The molecule has 1 aromatic carbocycles. The van der Waals surface area contributed by atoms with Gasteiger partial charge in [0.15, 0.2) is 0 Å². The highest BCUT2D eigenvalue weighted by molar-refractivity contribution is 6.30. The van der Waals surface area contributed by atoms with Crippen molar-refractivity contribution in [2.24, 2.45) is 11.1 Å². The van der Waals surface area contributed by atoms with Crippen molar-refractivity contribution in [3.63, 3.8) is 0 Å². The number of hydrogen-bond donors (Lipinski definition) is 2. The predicted octanol–water partition coefficient (Wildman–Crippen LogP) is 2.11. The number of benzene rings is 1. The third-order valence-corrected chi connectivity index (χ3v) is 3.35. The zero-order valence-electron chi connectivity index (χ0n) is 7.91. The van der Waals surface area contributed by atoms with E-state index in [2.05, 4.69) is 0 Å². The predicted molar refractivity (Wildman–Crippen MR) is 57.1 cm³/mol. The highest BCUT2D eigenvalue weighted by Gasteiger charge is 2.47. The maximum Gasteiger partial charge on any atom is 0.0505 e. The van der Waals surface area contributed by atoms with E-state index in [0.29, 0.717) is 0 Å². The summed E-state index contributed by atoms with van der Waals surface area (Å²) in [7, 11) is 0. The first kappa shape index (κ1) is 9.97. The molecule has 2 nitrogen and oxygen atoms in total. The minimum Gasteiger partial charge on any atom is -0.396 e. The Morgan fingerprint density at radius 1 is 1.36 bits per heavy atom. The normalized spacial score (nSPS) is 20.5. The Morgan fingerprint density at radius 2 is 1.93 bits per heavy atom. The van der Waals surface area contributed by atoms with Crippen molar-refractivity contribution in [1.29, 1.82) is 0 Å². The summed E-state index contributed by atoms with van der Waals surface area (Å²) in [5.74, 6) is 0. The van der Waals surface area contributed by atoms with Gasteiger partial charge in [0, 0.05) is 16.5 Å². The van der Waals surface area contributed by atoms with E-state index in [-0.39, 0.29) is 18.1 Å². The van der Waals surface area contributed by atoms with Crippen LogP contribution in [0.4, 0.5) is 0 Å². The molecule has 0 bridgehead atoms. The quantitative estimate of drug-likeness (QED) is 0.805. The molecule has 0 aliphatic heterocycles. The molecule has 0 heterocycles. The van der Waals surface area contributed by atoms with E-state index in [4.69, 9.17) is 17.3 Å². The minimum absolute atomic E-state index is 0.0617. The Balaban J connectivity index is 2.19. The number of aliphatic hydroxyl groups excluding tert-OH is 1. The molecule has 1 fully saturated rings. The molecule has 2 rings (SSSR count). The number of halogens is 1. The Hall–Kier alpha value is -0.570. The Labute approximate surface area is 88.7 Å². The van der Waals surface area contributed by atoms with Crippen molar-refractivity contribution >= 4 is 11.6 Å². The van der Waals surface area contributed by atoms with Gasteiger partial charge in [0.05, 0.1) is 6.61 Å². The Kier molecular flexibility index (Phi) is 2.52. The van der Waals surface area contributed by atoms with Gasteiger partial charge in [0.2, 0.25) is 0 Å². The van der Waals surface area contributed by atoms with E-state index in [1.807, 2.05) is 24.3 Å². The van der Waals surface area contributed by atoms with Crippen molar-refractivity contribution in [2.45, 2.75) is 18.9 Å². The van der Waals surface area contributed by atoms with Crippen LogP contribution in [0.15, 0.2) is 24.3 Å². The monoisotopic (exact) mass is 211 g/mol. The number of nitrogens with two attached hydrogens (primary N) is 1. The van der Waals surface area contributed by atoms with Crippen LogP contribution < -0.4 is 5.73 Å². The molecule has 1 aromatic rings. The van der Waals surface area contributed by atoms with Crippen LogP contribution >= 0.6 is 11.6 Å². The topological polar surface area (TPSA) is 46.2 Å². The maximum atomic E-state index is 9.24. The van der Waals surface area contributed by atoms with E-state index >= 15 is 0 Å². The van der Waals surface area contributed by atoms with Gasteiger partial charge in [-0.05, 0) is 30.5 Å². The van der Waals surface area contributed by atoms with Crippen LogP contribution in [0.5, 0.6) is 0 Å². The van der Waals surface area contributed by atoms with E-state index in [1.54, 1.807) is 0 Å². The SMILES string of the molecule is NC(c1ccc(Cl)cc1)C1(CO)CC1. The van der Waals surface area contributed by atoms with Crippen molar-refractivity contribution in [2.75, 3.05) is 6.61 Å². The summed E-state index contributed by atoms with van der Waals surface area (Å²) in [6.45, 7) is 0.177. The average Bonchev–Trinajstić information content (AvgIpc) is 2.99. The van der Waals surface area contributed by atoms with Crippen LogP contribution in [-0.4, -0.2) is 11.7 Å². The molecule has 1 atom stereocenters. The Bertz CT molecular complexity index is 319. The molecular weight excluding hydrogens is 198 g/mol. The van der Waals surface area contributed by atoms with Gasteiger partial charge in [-0.15, -0.1) is 0 Å². The van der Waals surface area contributed by atoms with E-state index in [1.165, 1.54) is 0 Å². The summed E-state index contributed by atoms with van der Waals surface area (Å²) in [6, 6.07) is 7.48. The summed E-state index contributed by atoms with van der Waals surface area (Å²) in [4.78, 5) is 0. The fraction of sp³-hybridized carbons (Fsp3) is 0.455. The molecule has 0 saturated heterocycles.